The van der Waals surface area contributed by atoms with E-state index in [9.17, 15) is 13.6 Å². The Morgan fingerprint density at radius 3 is 2.83 bits per heavy atom. The topological polar surface area (TPSA) is 41.1 Å². The Morgan fingerprint density at radius 1 is 1.17 bits per heavy atom. The van der Waals surface area contributed by atoms with Gasteiger partial charge in [0, 0.05) is 15.7 Å². The summed E-state index contributed by atoms with van der Waals surface area (Å²) in [5, 5.41) is 6.03. The number of carbonyl (C=O) groups excluding carboxylic acids is 1. The summed E-state index contributed by atoms with van der Waals surface area (Å²) in [4.78, 5) is 12.7. The van der Waals surface area contributed by atoms with Gasteiger partial charge in [-0.15, -0.1) is 0 Å². The molecule has 118 valence electrons. The molecular weight excluding hydrogens is 366 g/mol. The molecule has 1 amide bonds. The molecule has 0 unspecified atom stereocenters. The Bertz CT molecular complexity index is 826. The number of anilines is 1. The van der Waals surface area contributed by atoms with Crippen molar-refractivity contribution in [3.05, 3.63) is 63.6 Å². The largest absolute Gasteiger partial charge is 0.325 e. The summed E-state index contributed by atoms with van der Waals surface area (Å²) >= 11 is 3.34. The fraction of sp³-hybridized carbons (Fsp3) is 0.235. The van der Waals surface area contributed by atoms with Crippen LogP contribution in [-0.2, 0) is 10.2 Å². The number of fused-ring (bicyclic) bond motifs is 2. The summed E-state index contributed by atoms with van der Waals surface area (Å²) in [6.07, 6.45) is 0.492. The van der Waals surface area contributed by atoms with Crippen molar-refractivity contribution >= 4 is 27.5 Å². The molecule has 1 fully saturated rings. The highest BCUT2D eigenvalue weighted by molar-refractivity contribution is 9.10. The quantitative estimate of drug-likeness (QED) is 0.794. The van der Waals surface area contributed by atoms with Crippen molar-refractivity contribution in [1.82, 2.24) is 5.32 Å². The number of halogens is 3. The van der Waals surface area contributed by atoms with E-state index in [1.54, 1.807) is 18.2 Å². The number of amides is 1. The molecule has 23 heavy (non-hydrogen) atoms. The molecule has 2 aliphatic heterocycles. The third-order valence-electron chi connectivity index (χ3n) is 4.75. The lowest BCUT2D eigenvalue weighted by atomic mass is 9.72. The zero-order valence-electron chi connectivity index (χ0n) is 12.0. The number of hydrogen-bond acceptors (Lipinski definition) is 2. The number of carbonyl (C=O) groups is 1. The molecule has 0 aliphatic carbocycles. The Kier molecular flexibility index (Phi) is 3.28. The summed E-state index contributed by atoms with van der Waals surface area (Å²) in [5.74, 6) is -1.00. The molecule has 0 aromatic heterocycles. The number of nitrogens with one attached hydrogen (secondary N) is 2. The van der Waals surface area contributed by atoms with Crippen LogP contribution in [-0.4, -0.2) is 12.5 Å². The van der Waals surface area contributed by atoms with Gasteiger partial charge in [0.15, 0.2) is 0 Å². The van der Waals surface area contributed by atoms with Crippen LogP contribution in [0.1, 0.15) is 23.6 Å². The summed E-state index contributed by atoms with van der Waals surface area (Å²) < 4.78 is 28.9. The van der Waals surface area contributed by atoms with Crippen LogP contribution in [0.3, 0.4) is 0 Å². The van der Waals surface area contributed by atoms with Gasteiger partial charge in [0.1, 0.15) is 11.6 Å². The predicted octanol–water partition coefficient (Wildman–Crippen LogP) is 3.65. The van der Waals surface area contributed by atoms with Gasteiger partial charge in [-0.2, -0.15) is 0 Å². The first-order valence-electron chi connectivity index (χ1n) is 7.32. The lowest BCUT2D eigenvalue weighted by molar-refractivity contribution is -0.121. The van der Waals surface area contributed by atoms with E-state index in [4.69, 9.17) is 0 Å². The Hall–Kier alpha value is -1.79. The Labute approximate surface area is 140 Å². The summed E-state index contributed by atoms with van der Waals surface area (Å²) in [6.45, 7) is 0.556. The maximum absolute atomic E-state index is 14.4. The maximum atomic E-state index is 14.4. The van der Waals surface area contributed by atoms with Crippen molar-refractivity contribution in [2.75, 3.05) is 11.9 Å². The maximum Gasteiger partial charge on any atom is 0.237 e. The van der Waals surface area contributed by atoms with Gasteiger partial charge in [0.25, 0.3) is 0 Å². The zero-order valence-corrected chi connectivity index (χ0v) is 13.6. The summed E-state index contributed by atoms with van der Waals surface area (Å²) in [5.41, 5.74) is 0.612. The number of hydrogen-bond donors (Lipinski definition) is 2. The fourth-order valence-electron chi connectivity index (χ4n) is 3.73. The molecule has 2 aromatic carbocycles. The molecule has 0 radical (unpaired) electrons. The molecule has 2 heterocycles. The van der Waals surface area contributed by atoms with Crippen LogP contribution >= 0.6 is 15.9 Å². The van der Waals surface area contributed by atoms with Gasteiger partial charge in [-0.25, -0.2) is 8.78 Å². The van der Waals surface area contributed by atoms with E-state index in [-0.39, 0.29) is 11.7 Å². The van der Waals surface area contributed by atoms with E-state index < -0.39 is 17.3 Å². The van der Waals surface area contributed by atoms with Gasteiger partial charge in [-0.3, -0.25) is 4.79 Å². The highest BCUT2D eigenvalue weighted by Gasteiger charge is 2.56. The van der Waals surface area contributed by atoms with Crippen molar-refractivity contribution in [3.63, 3.8) is 0 Å². The van der Waals surface area contributed by atoms with Crippen molar-refractivity contribution in [3.8, 4) is 0 Å². The molecular formula is C17H13BrF2N2O. The van der Waals surface area contributed by atoms with Crippen LogP contribution in [0.4, 0.5) is 14.5 Å². The zero-order chi connectivity index (χ0) is 16.2. The molecule has 0 bridgehead atoms. The van der Waals surface area contributed by atoms with Gasteiger partial charge < -0.3 is 10.6 Å². The third kappa shape index (κ3) is 2.05. The number of rotatable bonds is 1. The Balaban J connectivity index is 1.92. The monoisotopic (exact) mass is 378 g/mol. The minimum absolute atomic E-state index is 0.215. The van der Waals surface area contributed by atoms with E-state index in [2.05, 4.69) is 26.6 Å². The second-order valence-electron chi connectivity index (χ2n) is 5.92. The second kappa shape index (κ2) is 5.11. The van der Waals surface area contributed by atoms with Crippen LogP contribution in [0.5, 0.6) is 0 Å². The lowest BCUT2D eigenvalue weighted by Crippen LogP contribution is -2.40. The van der Waals surface area contributed by atoms with Crippen molar-refractivity contribution < 1.29 is 13.6 Å². The van der Waals surface area contributed by atoms with Crippen molar-refractivity contribution in [2.24, 2.45) is 0 Å². The van der Waals surface area contributed by atoms with Gasteiger partial charge in [-0.1, -0.05) is 15.9 Å². The van der Waals surface area contributed by atoms with E-state index in [0.717, 1.165) is 4.47 Å². The smallest absolute Gasteiger partial charge is 0.237 e. The molecule has 1 saturated heterocycles. The van der Waals surface area contributed by atoms with E-state index in [1.165, 1.54) is 18.2 Å². The molecule has 6 heteroatoms. The van der Waals surface area contributed by atoms with Crippen molar-refractivity contribution in [1.29, 1.82) is 0 Å². The fourth-order valence-corrected chi connectivity index (χ4v) is 4.11. The molecule has 2 aromatic rings. The third-order valence-corrected chi connectivity index (χ3v) is 5.24. The normalized spacial score (nSPS) is 25.7. The van der Waals surface area contributed by atoms with E-state index in [0.29, 0.717) is 29.8 Å². The molecule has 1 spiro atoms. The first kappa shape index (κ1) is 14.8. The van der Waals surface area contributed by atoms with Gasteiger partial charge in [0.2, 0.25) is 5.91 Å². The number of benzene rings is 2. The summed E-state index contributed by atoms with van der Waals surface area (Å²) in [6, 6.07) is 8.37. The lowest BCUT2D eigenvalue weighted by Gasteiger charge is -2.29. The van der Waals surface area contributed by atoms with E-state index in [1.807, 2.05) is 0 Å². The summed E-state index contributed by atoms with van der Waals surface area (Å²) in [7, 11) is 0. The average molecular weight is 379 g/mol. The minimum atomic E-state index is -0.987. The first-order chi connectivity index (χ1) is 11.0. The molecule has 3 nitrogen and oxygen atoms in total. The molecule has 2 atom stereocenters. The average Bonchev–Trinajstić information content (AvgIpc) is 3.07. The van der Waals surface area contributed by atoms with Crippen LogP contribution in [0.15, 0.2) is 40.9 Å². The molecule has 2 N–H and O–H groups in total. The van der Waals surface area contributed by atoms with Crippen LogP contribution in [0.2, 0.25) is 0 Å². The van der Waals surface area contributed by atoms with Crippen LogP contribution < -0.4 is 10.6 Å². The molecule has 2 aliphatic rings. The van der Waals surface area contributed by atoms with Crippen LogP contribution in [0, 0.1) is 11.6 Å². The standard InChI is InChI=1S/C17H13BrF2N2O/c18-9-1-3-13(20)11(7-9)15-17(5-6-21-15)12-8-10(19)2-4-14(12)22-16(17)23/h1-4,7-8,15,21H,5-6H2,(H,22,23)/t15-,17+/m1/s1. The van der Waals surface area contributed by atoms with E-state index >= 15 is 0 Å². The van der Waals surface area contributed by atoms with Gasteiger partial charge in [-0.05, 0) is 54.9 Å². The van der Waals surface area contributed by atoms with Gasteiger partial charge >= 0.3 is 0 Å². The predicted molar refractivity (Wildman–Crippen MR) is 86.2 cm³/mol. The van der Waals surface area contributed by atoms with Crippen LogP contribution in [0.25, 0.3) is 0 Å². The van der Waals surface area contributed by atoms with Crippen molar-refractivity contribution in [2.45, 2.75) is 17.9 Å². The Morgan fingerprint density at radius 2 is 2.00 bits per heavy atom. The SMILES string of the molecule is O=C1Nc2ccc(F)cc2[C@]12CCN[C@@H]2c1cc(Br)ccc1F. The second-order valence-corrected chi connectivity index (χ2v) is 6.83. The molecule has 4 rings (SSSR count). The van der Waals surface area contributed by atoms with Gasteiger partial charge in [0.05, 0.1) is 11.5 Å². The first-order valence-corrected chi connectivity index (χ1v) is 8.11. The molecule has 0 saturated carbocycles. The highest BCUT2D eigenvalue weighted by Crippen LogP contribution is 2.51. The highest BCUT2D eigenvalue weighted by atomic mass is 79.9. The minimum Gasteiger partial charge on any atom is -0.325 e.